The second-order valence-corrected chi connectivity index (χ2v) is 5.55. The van der Waals surface area contributed by atoms with Crippen LogP contribution in [-0.2, 0) is 10.2 Å². The molecule has 1 aliphatic carbocycles. The molecule has 0 radical (unpaired) electrons. The maximum Gasteiger partial charge on any atom is 0.191 e. The van der Waals surface area contributed by atoms with Crippen molar-refractivity contribution in [3.63, 3.8) is 0 Å². The van der Waals surface area contributed by atoms with E-state index in [2.05, 4.69) is 46.0 Å². The Hall–Kier alpha value is -1.55. The lowest BCUT2D eigenvalue weighted by Crippen LogP contribution is -2.41. The number of hydrogen-bond donors (Lipinski definition) is 2. The van der Waals surface area contributed by atoms with Gasteiger partial charge < -0.3 is 15.4 Å². The molecule has 0 saturated heterocycles. The molecule has 1 aliphatic rings. The Morgan fingerprint density at radius 2 is 2.00 bits per heavy atom. The van der Waals surface area contributed by atoms with E-state index in [1.54, 1.807) is 0 Å². The first-order chi connectivity index (χ1) is 10.3. The van der Waals surface area contributed by atoms with E-state index >= 15 is 0 Å². The smallest absolute Gasteiger partial charge is 0.191 e. The van der Waals surface area contributed by atoms with Crippen LogP contribution in [0.3, 0.4) is 0 Å². The van der Waals surface area contributed by atoms with E-state index in [1.807, 2.05) is 14.0 Å². The lowest BCUT2D eigenvalue weighted by Gasteiger charge is -2.19. The van der Waals surface area contributed by atoms with Gasteiger partial charge >= 0.3 is 0 Å². The SMILES string of the molecule is CCOCCCNC(=NC)NCC1(c2ccccc2)CC1. The Labute approximate surface area is 128 Å². The largest absolute Gasteiger partial charge is 0.382 e. The summed E-state index contributed by atoms with van der Waals surface area (Å²) < 4.78 is 5.33. The van der Waals surface area contributed by atoms with Gasteiger partial charge in [-0.2, -0.15) is 0 Å². The molecule has 21 heavy (non-hydrogen) atoms. The van der Waals surface area contributed by atoms with Crippen molar-refractivity contribution in [1.29, 1.82) is 0 Å². The van der Waals surface area contributed by atoms with Crippen molar-refractivity contribution < 1.29 is 4.74 Å². The molecule has 0 spiro atoms. The number of ether oxygens (including phenoxy) is 1. The Kier molecular flexibility index (Phi) is 6.05. The average Bonchev–Trinajstić information content (AvgIpc) is 3.32. The van der Waals surface area contributed by atoms with Crippen molar-refractivity contribution in [3.05, 3.63) is 35.9 Å². The summed E-state index contributed by atoms with van der Waals surface area (Å²) in [5.41, 5.74) is 1.74. The van der Waals surface area contributed by atoms with Gasteiger partial charge in [-0.1, -0.05) is 30.3 Å². The topological polar surface area (TPSA) is 45.6 Å². The molecule has 0 aromatic heterocycles. The molecule has 0 unspecified atom stereocenters. The minimum atomic E-state index is 0.310. The third-order valence-electron chi connectivity index (χ3n) is 4.02. The predicted molar refractivity (Wildman–Crippen MR) is 87.8 cm³/mol. The van der Waals surface area contributed by atoms with Crippen LogP contribution in [0.25, 0.3) is 0 Å². The van der Waals surface area contributed by atoms with Crippen LogP contribution in [0, 0.1) is 0 Å². The van der Waals surface area contributed by atoms with Gasteiger partial charge in [0.25, 0.3) is 0 Å². The van der Waals surface area contributed by atoms with E-state index in [0.29, 0.717) is 5.41 Å². The Bertz CT molecular complexity index is 441. The van der Waals surface area contributed by atoms with Gasteiger partial charge in [-0.15, -0.1) is 0 Å². The number of aliphatic imine (C=N–C) groups is 1. The molecule has 4 nitrogen and oxygen atoms in total. The van der Waals surface area contributed by atoms with Gasteiger partial charge in [-0.3, -0.25) is 4.99 Å². The van der Waals surface area contributed by atoms with Crippen LogP contribution < -0.4 is 10.6 Å². The first-order valence-corrected chi connectivity index (χ1v) is 7.88. The molecule has 1 aromatic carbocycles. The van der Waals surface area contributed by atoms with E-state index < -0.39 is 0 Å². The molecule has 0 atom stereocenters. The predicted octanol–water partition coefficient (Wildman–Crippen LogP) is 2.31. The standard InChI is InChI=1S/C17H27N3O/c1-3-21-13-7-12-19-16(18-2)20-14-17(10-11-17)15-8-5-4-6-9-15/h4-6,8-9H,3,7,10-14H2,1-2H3,(H2,18,19,20). The molecule has 2 rings (SSSR count). The molecule has 1 saturated carbocycles. The highest BCUT2D eigenvalue weighted by Crippen LogP contribution is 2.47. The average molecular weight is 289 g/mol. The second kappa shape index (κ2) is 8.03. The Morgan fingerprint density at radius 3 is 2.62 bits per heavy atom. The minimum absolute atomic E-state index is 0.310. The number of guanidine groups is 1. The third kappa shape index (κ3) is 4.74. The highest BCUT2D eigenvalue weighted by molar-refractivity contribution is 5.79. The quantitative estimate of drug-likeness (QED) is 0.438. The molecule has 0 amide bonds. The third-order valence-corrected chi connectivity index (χ3v) is 4.02. The number of rotatable bonds is 8. The summed E-state index contributed by atoms with van der Waals surface area (Å²) in [4.78, 5) is 4.28. The monoisotopic (exact) mass is 289 g/mol. The fraction of sp³-hybridized carbons (Fsp3) is 0.588. The summed E-state index contributed by atoms with van der Waals surface area (Å²) in [5, 5.41) is 6.80. The van der Waals surface area contributed by atoms with Crippen molar-refractivity contribution in [3.8, 4) is 0 Å². The van der Waals surface area contributed by atoms with Crippen LogP contribution in [0.2, 0.25) is 0 Å². The molecular weight excluding hydrogens is 262 g/mol. The molecular formula is C17H27N3O. The van der Waals surface area contributed by atoms with Crippen LogP contribution in [0.15, 0.2) is 35.3 Å². The molecule has 0 heterocycles. The molecule has 116 valence electrons. The lowest BCUT2D eigenvalue weighted by atomic mass is 9.96. The first-order valence-electron chi connectivity index (χ1n) is 7.88. The maximum atomic E-state index is 5.33. The highest BCUT2D eigenvalue weighted by Gasteiger charge is 2.43. The van der Waals surface area contributed by atoms with Crippen molar-refractivity contribution in [1.82, 2.24) is 10.6 Å². The minimum Gasteiger partial charge on any atom is -0.382 e. The summed E-state index contributed by atoms with van der Waals surface area (Å²) in [5.74, 6) is 0.883. The van der Waals surface area contributed by atoms with E-state index in [9.17, 15) is 0 Å². The summed E-state index contributed by atoms with van der Waals surface area (Å²) in [7, 11) is 1.82. The fourth-order valence-corrected chi connectivity index (χ4v) is 2.51. The Morgan fingerprint density at radius 1 is 1.24 bits per heavy atom. The highest BCUT2D eigenvalue weighted by atomic mass is 16.5. The van der Waals surface area contributed by atoms with Gasteiger partial charge in [-0.25, -0.2) is 0 Å². The van der Waals surface area contributed by atoms with E-state index in [1.165, 1.54) is 18.4 Å². The van der Waals surface area contributed by atoms with Gasteiger partial charge in [0, 0.05) is 38.8 Å². The van der Waals surface area contributed by atoms with Crippen LogP contribution in [0.1, 0.15) is 31.7 Å². The number of hydrogen-bond acceptors (Lipinski definition) is 2. The van der Waals surface area contributed by atoms with Crippen LogP contribution >= 0.6 is 0 Å². The number of benzene rings is 1. The second-order valence-electron chi connectivity index (χ2n) is 5.55. The van der Waals surface area contributed by atoms with Gasteiger partial charge in [0.1, 0.15) is 0 Å². The first kappa shape index (κ1) is 15.8. The van der Waals surface area contributed by atoms with E-state index in [0.717, 1.165) is 38.7 Å². The van der Waals surface area contributed by atoms with Crippen molar-refractivity contribution in [2.45, 2.75) is 31.6 Å². The van der Waals surface area contributed by atoms with E-state index in [4.69, 9.17) is 4.74 Å². The van der Waals surface area contributed by atoms with Crippen molar-refractivity contribution in [2.24, 2.45) is 4.99 Å². The zero-order valence-electron chi connectivity index (χ0n) is 13.2. The number of nitrogens with one attached hydrogen (secondary N) is 2. The molecule has 0 aliphatic heterocycles. The molecule has 0 bridgehead atoms. The van der Waals surface area contributed by atoms with Gasteiger partial charge in [-0.05, 0) is 31.7 Å². The van der Waals surface area contributed by atoms with Gasteiger partial charge in [0.15, 0.2) is 5.96 Å². The zero-order valence-corrected chi connectivity index (χ0v) is 13.2. The number of nitrogens with zero attached hydrogens (tertiary/aromatic N) is 1. The lowest BCUT2D eigenvalue weighted by molar-refractivity contribution is 0.145. The normalized spacial score (nSPS) is 16.6. The molecule has 1 aromatic rings. The fourth-order valence-electron chi connectivity index (χ4n) is 2.51. The van der Waals surface area contributed by atoms with Crippen LogP contribution in [0.4, 0.5) is 0 Å². The summed E-state index contributed by atoms with van der Waals surface area (Å²) in [6.45, 7) is 5.44. The zero-order chi connectivity index (χ0) is 15.0. The molecule has 1 fully saturated rings. The van der Waals surface area contributed by atoms with Gasteiger partial charge in [0.2, 0.25) is 0 Å². The molecule has 4 heteroatoms. The maximum absolute atomic E-state index is 5.33. The summed E-state index contributed by atoms with van der Waals surface area (Å²) in [6, 6.07) is 10.8. The van der Waals surface area contributed by atoms with Crippen molar-refractivity contribution >= 4 is 5.96 Å². The van der Waals surface area contributed by atoms with Gasteiger partial charge in [0.05, 0.1) is 0 Å². The van der Waals surface area contributed by atoms with Crippen LogP contribution in [0.5, 0.6) is 0 Å². The van der Waals surface area contributed by atoms with E-state index in [-0.39, 0.29) is 0 Å². The molecule has 2 N–H and O–H groups in total. The van der Waals surface area contributed by atoms with Crippen molar-refractivity contribution in [2.75, 3.05) is 33.4 Å². The Balaban J connectivity index is 1.74. The summed E-state index contributed by atoms with van der Waals surface area (Å²) in [6.07, 6.45) is 3.51. The summed E-state index contributed by atoms with van der Waals surface area (Å²) >= 11 is 0. The van der Waals surface area contributed by atoms with Crippen LogP contribution in [-0.4, -0.2) is 39.3 Å².